The second kappa shape index (κ2) is 28.7. The smallest absolute Gasteiger partial charge is 0.303 e. The van der Waals surface area contributed by atoms with Gasteiger partial charge in [-0.15, -0.1) is 0 Å². The zero-order valence-electron chi connectivity index (χ0n) is 46.9. The van der Waals surface area contributed by atoms with Gasteiger partial charge in [-0.25, -0.2) is 0 Å². The molecule has 5 atom stereocenters. The number of carbonyl (C=O) groups is 1. The maximum absolute atomic E-state index is 16.1. The van der Waals surface area contributed by atoms with Crippen LogP contribution >= 0.6 is 0 Å². The van der Waals surface area contributed by atoms with Crippen LogP contribution in [0.15, 0.2) is 252 Å². The average molecular weight is 1140 g/mol. The van der Waals surface area contributed by atoms with E-state index in [4.69, 9.17) is 51.8 Å². The first-order valence-electron chi connectivity index (χ1n) is 28.2. The molecule has 1 saturated heterocycles. The van der Waals surface area contributed by atoms with Gasteiger partial charge >= 0.3 is 5.97 Å². The van der Waals surface area contributed by atoms with Crippen LogP contribution in [-0.4, -0.2) is 43.3 Å². The van der Waals surface area contributed by atoms with Crippen molar-refractivity contribution in [2.45, 2.75) is 83.9 Å². The summed E-state index contributed by atoms with van der Waals surface area (Å²) in [7, 11) is 0. The van der Waals surface area contributed by atoms with E-state index in [1.54, 1.807) is 30.3 Å². The van der Waals surface area contributed by atoms with Gasteiger partial charge in [-0.05, 0) is 57.1 Å². The van der Waals surface area contributed by atoms with Gasteiger partial charge in [0.05, 0.1) is 26.4 Å². The van der Waals surface area contributed by atoms with Gasteiger partial charge in [0.1, 0.15) is 67.2 Å². The van der Waals surface area contributed by atoms with E-state index in [2.05, 4.69) is 0 Å². The van der Waals surface area contributed by atoms with Crippen LogP contribution in [0.4, 0.5) is 0 Å². The van der Waals surface area contributed by atoms with E-state index in [-0.39, 0.29) is 81.1 Å². The van der Waals surface area contributed by atoms with Crippen molar-refractivity contribution < 1.29 is 56.6 Å². The normalized spacial score (nSPS) is 16.5. The van der Waals surface area contributed by atoms with Crippen LogP contribution in [0.25, 0.3) is 22.3 Å². The predicted molar refractivity (Wildman–Crippen MR) is 322 cm³/mol. The van der Waals surface area contributed by atoms with E-state index in [1.807, 2.05) is 212 Å². The summed E-state index contributed by atoms with van der Waals surface area (Å²) in [4.78, 5) is 29.6. The van der Waals surface area contributed by atoms with Crippen LogP contribution in [0.1, 0.15) is 45.9 Å². The molecule has 0 amide bonds. The first-order valence-corrected chi connectivity index (χ1v) is 28.2. The quantitative estimate of drug-likeness (QED) is 0.0476. The van der Waals surface area contributed by atoms with Crippen molar-refractivity contribution in [3.05, 3.63) is 292 Å². The number of benzene rings is 9. The molecule has 0 radical (unpaired) electrons. The van der Waals surface area contributed by atoms with Crippen molar-refractivity contribution >= 4 is 16.9 Å². The predicted octanol–water partition coefficient (Wildman–Crippen LogP) is 14.2. The number of rotatable bonds is 26. The highest BCUT2D eigenvalue weighted by Crippen LogP contribution is 2.42. The minimum atomic E-state index is -1.55. The van der Waals surface area contributed by atoms with Gasteiger partial charge < -0.3 is 51.8 Å². The number of esters is 1. The molecule has 0 aliphatic carbocycles. The van der Waals surface area contributed by atoms with E-state index < -0.39 is 42.1 Å². The molecular weight excluding hydrogens is 1070 g/mol. The summed E-state index contributed by atoms with van der Waals surface area (Å²) >= 11 is 0. The minimum absolute atomic E-state index is 0.0165. The first kappa shape index (κ1) is 57.3. The summed E-state index contributed by atoms with van der Waals surface area (Å²) in [6.07, 6.45) is -5.82. The van der Waals surface area contributed by atoms with Crippen LogP contribution in [0.2, 0.25) is 0 Å². The Morgan fingerprint density at radius 3 is 1.36 bits per heavy atom. The summed E-state index contributed by atoms with van der Waals surface area (Å²) in [6, 6.07) is 76.6. The van der Waals surface area contributed by atoms with Crippen LogP contribution in [0.5, 0.6) is 28.7 Å². The Labute approximate surface area is 493 Å². The standard InChI is InChI=1S/C72H64O13/c1-50(73)82-71-70(81-48-57-35-21-8-22-36-57)68(80-47-56-33-19-7-20-34-56)64(49-75-42-51-23-9-2-10-24-51)84-72(71)85-69-66(74)65-62(79-46-55-31-17-6-18-32-55)40-59(76-43-52-25-11-3-12-26-52)41-63(65)83-67(69)58-37-38-60(77-44-53-27-13-4-14-28-53)61(39-58)78-45-54-29-15-5-16-30-54/h2-41,64,68,70-72H,42-49H2,1H3/t64-,68-,70+,71-,72+/m1/s1. The Balaban J connectivity index is 1.06. The van der Waals surface area contributed by atoms with E-state index >= 15 is 4.79 Å². The molecule has 1 aromatic heterocycles. The summed E-state index contributed by atoms with van der Waals surface area (Å²) in [5, 5.41) is 0.0497. The van der Waals surface area contributed by atoms with Crippen molar-refractivity contribution in [3.63, 3.8) is 0 Å². The van der Waals surface area contributed by atoms with Crippen molar-refractivity contribution in [3.8, 4) is 40.1 Å². The highest BCUT2D eigenvalue weighted by molar-refractivity contribution is 5.89. The molecule has 10 aromatic rings. The van der Waals surface area contributed by atoms with E-state index in [0.29, 0.717) is 22.8 Å². The lowest BCUT2D eigenvalue weighted by Gasteiger charge is -2.45. The van der Waals surface area contributed by atoms with Crippen molar-refractivity contribution in [2.75, 3.05) is 6.61 Å². The van der Waals surface area contributed by atoms with Gasteiger partial charge in [-0.1, -0.05) is 212 Å². The Bertz CT molecular complexity index is 3760. The molecule has 2 heterocycles. The number of carbonyl (C=O) groups excluding carboxylic acids is 1. The minimum Gasteiger partial charge on any atom is -0.489 e. The highest BCUT2D eigenvalue weighted by Gasteiger charge is 2.51. The number of fused-ring (bicyclic) bond motifs is 1. The molecule has 13 nitrogen and oxygen atoms in total. The fourth-order valence-corrected chi connectivity index (χ4v) is 9.90. The molecule has 13 heteroatoms. The van der Waals surface area contributed by atoms with Crippen molar-refractivity contribution in [2.24, 2.45) is 0 Å². The maximum Gasteiger partial charge on any atom is 0.303 e. The average Bonchev–Trinajstić information content (AvgIpc) is 3.66. The van der Waals surface area contributed by atoms with E-state index in [1.165, 1.54) is 6.92 Å². The lowest BCUT2D eigenvalue weighted by molar-refractivity contribution is -0.302. The topological polar surface area (TPSA) is 140 Å². The van der Waals surface area contributed by atoms with Crippen LogP contribution in [-0.2, 0) is 74.7 Å². The number of ether oxygens (including phenoxy) is 10. The van der Waals surface area contributed by atoms with Gasteiger partial charge in [-0.3, -0.25) is 9.59 Å². The molecule has 9 aromatic carbocycles. The zero-order valence-corrected chi connectivity index (χ0v) is 46.9. The third-order valence-electron chi connectivity index (χ3n) is 14.1. The van der Waals surface area contributed by atoms with Gasteiger partial charge in [-0.2, -0.15) is 0 Å². The fourth-order valence-electron chi connectivity index (χ4n) is 9.90. The van der Waals surface area contributed by atoms with Crippen LogP contribution in [0, 0.1) is 0 Å². The molecule has 0 bridgehead atoms. The fraction of sp³-hybridized carbons (Fsp3) is 0.194. The lowest BCUT2D eigenvalue weighted by atomic mass is 9.97. The lowest BCUT2D eigenvalue weighted by Crippen LogP contribution is -2.63. The molecule has 1 aliphatic heterocycles. The maximum atomic E-state index is 16.1. The SMILES string of the molecule is CC(=O)O[C@H]1[C@H](Oc2c(-c3ccc(OCc4ccccc4)c(OCc4ccccc4)c3)oc3cc(OCc4ccccc4)cc(OCc4ccccc4)c3c2=O)O[C@H](COCc2ccccc2)[C@@H](OCc2ccccc2)[C@@H]1OCc1ccccc1. The van der Waals surface area contributed by atoms with Crippen molar-refractivity contribution in [1.82, 2.24) is 0 Å². The Hall–Kier alpha value is -9.50. The van der Waals surface area contributed by atoms with Crippen molar-refractivity contribution in [1.29, 1.82) is 0 Å². The van der Waals surface area contributed by atoms with E-state index in [0.717, 1.165) is 38.9 Å². The molecular formula is C72H64O13. The largest absolute Gasteiger partial charge is 0.489 e. The summed E-state index contributed by atoms with van der Waals surface area (Å²) < 4.78 is 73.7. The summed E-state index contributed by atoms with van der Waals surface area (Å²) in [5.41, 5.74) is 6.18. The third-order valence-corrected chi connectivity index (χ3v) is 14.1. The Morgan fingerprint density at radius 2 is 0.871 bits per heavy atom. The van der Waals surface area contributed by atoms with E-state index in [9.17, 15) is 4.79 Å². The third kappa shape index (κ3) is 15.4. The van der Waals surface area contributed by atoms with Crippen LogP contribution in [0.3, 0.4) is 0 Å². The van der Waals surface area contributed by atoms with Gasteiger partial charge in [0, 0.05) is 24.6 Å². The zero-order chi connectivity index (χ0) is 58.0. The van der Waals surface area contributed by atoms with Gasteiger partial charge in [0.25, 0.3) is 0 Å². The van der Waals surface area contributed by atoms with Gasteiger partial charge in [0.15, 0.2) is 23.4 Å². The van der Waals surface area contributed by atoms with Gasteiger partial charge in [0.2, 0.25) is 17.5 Å². The number of hydrogen-bond acceptors (Lipinski definition) is 13. The van der Waals surface area contributed by atoms with Crippen LogP contribution < -0.4 is 29.1 Å². The molecule has 1 aliphatic rings. The summed E-state index contributed by atoms with van der Waals surface area (Å²) in [5.74, 6) is 0.364. The molecule has 0 spiro atoms. The first-order chi connectivity index (χ1) is 41.9. The molecule has 0 N–H and O–H groups in total. The molecule has 0 saturated carbocycles. The summed E-state index contributed by atoms with van der Waals surface area (Å²) in [6.45, 7) is 2.48. The second-order valence-corrected chi connectivity index (χ2v) is 20.4. The monoisotopic (exact) mass is 1140 g/mol. The Kier molecular flexibility index (Phi) is 19.3. The molecule has 0 unspecified atom stereocenters. The molecule has 430 valence electrons. The highest BCUT2D eigenvalue weighted by atomic mass is 16.7. The second-order valence-electron chi connectivity index (χ2n) is 20.4. The number of hydrogen-bond donors (Lipinski definition) is 0. The molecule has 11 rings (SSSR count). The molecule has 85 heavy (non-hydrogen) atoms. The molecule has 1 fully saturated rings. The Morgan fingerprint density at radius 1 is 0.435 bits per heavy atom.